The fraction of sp³-hybridized carbons (Fsp3) is 0.273. The maximum Gasteiger partial charge on any atom is 0.247 e. The lowest BCUT2D eigenvalue weighted by molar-refractivity contribution is 0.0891. The second kappa shape index (κ2) is 3.62. The van der Waals surface area contributed by atoms with Gasteiger partial charge in [-0.1, -0.05) is 25.1 Å². The van der Waals surface area contributed by atoms with Gasteiger partial charge in [-0.15, -0.1) is 0 Å². The van der Waals surface area contributed by atoms with Crippen molar-refractivity contribution >= 4 is 16.8 Å². The summed E-state index contributed by atoms with van der Waals surface area (Å²) >= 11 is 0. The monoisotopic (exact) mass is 188 g/mol. The van der Waals surface area contributed by atoms with Gasteiger partial charge in [0.2, 0.25) is 5.91 Å². The number of carbonyl (C=O) groups excluding carboxylic acids is 1. The van der Waals surface area contributed by atoms with Gasteiger partial charge in [-0.3, -0.25) is 4.79 Å². The van der Waals surface area contributed by atoms with Crippen molar-refractivity contribution in [2.75, 3.05) is 0 Å². The average Bonchev–Trinajstić information content (AvgIpc) is 2.61. The maximum absolute atomic E-state index is 11.6. The topological polar surface area (TPSA) is 34.9 Å². The zero-order valence-electron chi connectivity index (χ0n) is 8.10. The third-order valence-electron chi connectivity index (χ3n) is 2.18. The third kappa shape index (κ3) is 1.41. The molecule has 1 heterocycles. The number of hydrogen-bond acceptors (Lipinski definition) is 2. The van der Waals surface area contributed by atoms with Crippen molar-refractivity contribution in [1.29, 1.82) is 0 Å². The van der Waals surface area contributed by atoms with Gasteiger partial charge in [-0.25, -0.2) is 4.68 Å². The van der Waals surface area contributed by atoms with Crippen LogP contribution in [0.15, 0.2) is 30.5 Å². The highest BCUT2D eigenvalue weighted by atomic mass is 16.2. The van der Waals surface area contributed by atoms with Crippen LogP contribution in [0.4, 0.5) is 0 Å². The molecule has 0 spiro atoms. The maximum atomic E-state index is 11.6. The Morgan fingerprint density at radius 2 is 2.21 bits per heavy atom. The molecule has 3 nitrogen and oxygen atoms in total. The summed E-state index contributed by atoms with van der Waals surface area (Å²) in [6.45, 7) is 1.99. The summed E-state index contributed by atoms with van der Waals surface area (Å²) in [5, 5.41) is 5.09. The first kappa shape index (κ1) is 8.94. The third-order valence-corrected chi connectivity index (χ3v) is 2.18. The van der Waals surface area contributed by atoms with E-state index >= 15 is 0 Å². The van der Waals surface area contributed by atoms with Gasteiger partial charge < -0.3 is 0 Å². The summed E-state index contributed by atoms with van der Waals surface area (Å²) in [6.07, 6.45) is 3.13. The van der Waals surface area contributed by atoms with Crippen molar-refractivity contribution < 1.29 is 4.79 Å². The Hall–Kier alpha value is -1.64. The molecule has 1 aromatic heterocycles. The number of aromatic nitrogens is 2. The molecule has 72 valence electrons. The van der Waals surface area contributed by atoms with Crippen molar-refractivity contribution in [2.24, 2.45) is 0 Å². The Bertz CT molecular complexity index is 459. The second-order valence-electron chi connectivity index (χ2n) is 3.26. The van der Waals surface area contributed by atoms with Crippen LogP contribution in [0.25, 0.3) is 10.9 Å². The van der Waals surface area contributed by atoms with E-state index in [-0.39, 0.29) is 5.91 Å². The Balaban J connectivity index is 2.47. The molecule has 14 heavy (non-hydrogen) atoms. The van der Waals surface area contributed by atoms with Gasteiger partial charge in [0.15, 0.2) is 0 Å². The molecule has 0 bridgehead atoms. The van der Waals surface area contributed by atoms with Crippen molar-refractivity contribution in [2.45, 2.75) is 19.8 Å². The lowest BCUT2D eigenvalue weighted by Gasteiger charge is -1.99. The first-order valence-corrected chi connectivity index (χ1v) is 4.79. The molecule has 0 aliphatic rings. The van der Waals surface area contributed by atoms with Gasteiger partial charge in [0.1, 0.15) is 0 Å². The molecule has 2 rings (SSSR count). The van der Waals surface area contributed by atoms with Crippen LogP contribution in [0.5, 0.6) is 0 Å². The van der Waals surface area contributed by atoms with Crippen LogP contribution in [0, 0.1) is 0 Å². The molecule has 0 aliphatic carbocycles. The number of fused-ring (bicyclic) bond motifs is 1. The Morgan fingerprint density at radius 3 is 3.00 bits per heavy atom. The number of rotatable bonds is 2. The summed E-state index contributed by atoms with van der Waals surface area (Å²) in [5.74, 6) is 0.0636. The van der Waals surface area contributed by atoms with Crippen molar-refractivity contribution in [3.8, 4) is 0 Å². The molecule has 0 N–H and O–H groups in total. The molecule has 0 unspecified atom stereocenters. The van der Waals surface area contributed by atoms with E-state index < -0.39 is 0 Å². The van der Waals surface area contributed by atoms with Crippen LogP contribution in [-0.4, -0.2) is 15.7 Å². The lowest BCUT2D eigenvalue weighted by atomic mass is 10.2. The highest BCUT2D eigenvalue weighted by molar-refractivity contribution is 5.90. The van der Waals surface area contributed by atoms with E-state index in [2.05, 4.69) is 5.10 Å². The zero-order chi connectivity index (χ0) is 9.97. The van der Waals surface area contributed by atoms with E-state index in [0.29, 0.717) is 6.42 Å². The van der Waals surface area contributed by atoms with Crippen molar-refractivity contribution in [1.82, 2.24) is 9.78 Å². The molecule has 0 atom stereocenters. The summed E-state index contributed by atoms with van der Waals surface area (Å²) < 4.78 is 1.48. The quantitative estimate of drug-likeness (QED) is 0.725. The molecule has 0 fully saturated rings. The number of nitrogens with zero attached hydrogens (tertiary/aromatic N) is 2. The Morgan fingerprint density at radius 1 is 1.43 bits per heavy atom. The summed E-state index contributed by atoms with van der Waals surface area (Å²) in [4.78, 5) is 11.6. The second-order valence-corrected chi connectivity index (χ2v) is 3.26. The molecule has 3 heteroatoms. The molecule has 2 aromatic rings. The van der Waals surface area contributed by atoms with Gasteiger partial charge in [-0.2, -0.15) is 5.10 Å². The average molecular weight is 188 g/mol. The van der Waals surface area contributed by atoms with Gasteiger partial charge >= 0.3 is 0 Å². The van der Waals surface area contributed by atoms with Gasteiger partial charge in [-0.05, 0) is 12.5 Å². The largest absolute Gasteiger partial charge is 0.273 e. The minimum atomic E-state index is 0.0636. The molecule has 0 saturated heterocycles. The number of para-hydroxylation sites is 1. The summed E-state index contributed by atoms with van der Waals surface area (Å²) in [5.41, 5.74) is 0.894. The number of benzene rings is 1. The Labute approximate surface area is 82.3 Å². The minimum absolute atomic E-state index is 0.0636. The van der Waals surface area contributed by atoms with Crippen molar-refractivity contribution in [3.63, 3.8) is 0 Å². The van der Waals surface area contributed by atoms with Gasteiger partial charge in [0.25, 0.3) is 0 Å². The first-order chi connectivity index (χ1) is 6.83. The molecular formula is C11H12N2O. The van der Waals surface area contributed by atoms with E-state index in [1.165, 1.54) is 4.68 Å². The molecule has 0 aliphatic heterocycles. The number of carbonyl (C=O) groups is 1. The number of hydrogen-bond donors (Lipinski definition) is 0. The predicted molar refractivity (Wildman–Crippen MR) is 55.3 cm³/mol. The molecule has 0 saturated carbocycles. The summed E-state index contributed by atoms with van der Waals surface area (Å²) in [6, 6.07) is 7.73. The highest BCUT2D eigenvalue weighted by Crippen LogP contribution is 2.13. The van der Waals surface area contributed by atoms with Crippen LogP contribution in [-0.2, 0) is 0 Å². The van der Waals surface area contributed by atoms with Crippen molar-refractivity contribution in [3.05, 3.63) is 30.5 Å². The standard InChI is InChI=1S/C11H12N2O/c1-2-5-11(14)13-10-7-4-3-6-9(10)8-12-13/h3-4,6-8H,2,5H2,1H3. The summed E-state index contributed by atoms with van der Waals surface area (Å²) in [7, 11) is 0. The minimum Gasteiger partial charge on any atom is -0.273 e. The normalized spacial score (nSPS) is 10.6. The van der Waals surface area contributed by atoms with Gasteiger partial charge in [0.05, 0.1) is 11.7 Å². The van der Waals surface area contributed by atoms with E-state index in [1.807, 2.05) is 31.2 Å². The molecule has 0 radical (unpaired) electrons. The predicted octanol–water partition coefficient (Wildman–Crippen LogP) is 2.48. The van der Waals surface area contributed by atoms with E-state index in [9.17, 15) is 4.79 Å². The molecule has 0 amide bonds. The van der Waals surface area contributed by atoms with E-state index in [1.54, 1.807) is 6.20 Å². The van der Waals surface area contributed by atoms with E-state index in [4.69, 9.17) is 0 Å². The zero-order valence-corrected chi connectivity index (χ0v) is 8.10. The first-order valence-electron chi connectivity index (χ1n) is 4.79. The molecule has 1 aromatic carbocycles. The van der Waals surface area contributed by atoms with Crippen LogP contribution in [0.2, 0.25) is 0 Å². The van der Waals surface area contributed by atoms with Crippen LogP contribution >= 0.6 is 0 Å². The fourth-order valence-electron chi connectivity index (χ4n) is 1.49. The van der Waals surface area contributed by atoms with Crippen LogP contribution < -0.4 is 0 Å². The smallest absolute Gasteiger partial charge is 0.247 e. The lowest BCUT2D eigenvalue weighted by Crippen LogP contribution is -2.10. The van der Waals surface area contributed by atoms with Gasteiger partial charge in [0, 0.05) is 11.8 Å². The van der Waals surface area contributed by atoms with Crippen LogP contribution in [0.1, 0.15) is 24.6 Å². The SMILES string of the molecule is CCCC(=O)n1ncc2ccccc21. The van der Waals surface area contributed by atoms with E-state index in [0.717, 1.165) is 17.3 Å². The highest BCUT2D eigenvalue weighted by Gasteiger charge is 2.07. The molecular weight excluding hydrogens is 176 g/mol. The fourth-order valence-corrected chi connectivity index (χ4v) is 1.49. The van der Waals surface area contributed by atoms with Crippen LogP contribution in [0.3, 0.4) is 0 Å². The Kier molecular flexibility index (Phi) is 2.31.